The number of benzene rings is 2. The standard InChI is InChI=1S/C20H23FN2O4/c1-25-9-10-26-19-11-17(23-20(24)16-5-3-2-4-6-16)7-8-18(19)27-14-15(12-21)13-22/h2-8,11-12H,9-10,13-14,22H2,1H3,(H,23,24). The number of amides is 1. The molecule has 0 spiro atoms. The molecule has 0 saturated heterocycles. The van der Waals surface area contributed by atoms with Crippen LogP contribution < -0.4 is 20.5 Å². The molecule has 0 radical (unpaired) electrons. The molecular weight excluding hydrogens is 351 g/mol. The average molecular weight is 374 g/mol. The molecule has 1 amide bonds. The van der Waals surface area contributed by atoms with E-state index in [0.717, 1.165) is 0 Å². The van der Waals surface area contributed by atoms with E-state index >= 15 is 0 Å². The van der Waals surface area contributed by atoms with Crippen LogP contribution in [0.3, 0.4) is 0 Å². The molecular formula is C20H23FN2O4. The first-order valence-corrected chi connectivity index (χ1v) is 8.41. The van der Waals surface area contributed by atoms with Crippen LogP contribution in [-0.2, 0) is 4.74 Å². The largest absolute Gasteiger partial charge is 0.487 e. The molecule has 0 aliphatic carbocycles. The zero-order valence-electron chi connectivity index (χ0n) is 15.1. The number of rotatable bonds is 10. The maximum Gasteiger partial charge on any atom is 0.255 e. The van der Waals surface area contributed by atoms with Gasteiger partial charge in [-0.15, -0.1) is 0 Å². The van der Waals surface area contributed by atoms with Crippen molar-refractivity contribution in [3.8, 4) is 11.5 Å². The Morgan fingerprint density at radius 3 is 2.56 bits per heavy atom. The Labute approximate surface area is 157 Å². The van der Waals surface area contributed by atoms with Gasteiger partial charge in [-0.2, -0.15) is 0 Å². The summed E-state index contributed by atoms with van der Waals surface area (Å²) >= 11 is 0. The third kappa shape index (κ3) is 6.40. The topological polar surface area (TPSA) is 82.8 Å². The second-order valence-electron chi connectivity index (χ2n) is 5.58. The summed E-state index contributed by atoms with van der Waals surface area (Å²) in [6.07, 6.45) is 0.430. The minimum Gasteiger partial charge on any atom is -0.487 e. The number of carbonyl (C=O) groups excluding carboxylic acids is 1. The highest BCUT2D eigenvalue weighted by Crippen LogP contribution is 2.31. The zero-order valence-corrected chi connectivity index (χ0v) is 15.1. The fourth-order valence-corrected chi connectivity index (χ4v) is 2.15. The molecule has 2 aromatic carbocycles. The van der Waals surface area contributed by atoms with Crippen molar-refractivity contribution >= 4 is 11.6 Å². The van der Waals surface area contributed by atoms with Crippen molar-refractivity contribution in [3.05, 3.63) is 66.0 Å². The van der Waals surface area contributed by atoms with Crippen LogP contribution in [-0.4, -0.2) is 39.4 Å². The monoisotopic (exact) mass is 374 g/mol. The minimum absolute atomic E-state index is 0.00333. The average Bonchev–Trinajstić information content (AvgIpc) is 2.71. The fourth-order valence-electron chi connectivity index (χ4n) is 2.15. The van der Waals surface area contributed by atoms with E-state index in [4.69, 9.17) is 19.9 Å². The van der Waals surface area contributed by atoms with Gasteiger partial charge in [0.25, 0.3) is 5.91 Å². The summed E-state index contributed by atoms with van der Waals surface area (Å²) in [4.78, 5) is 12.3. The van der Waals surface area contributed by atoms with Crippen LogP contribution in [0.25, 0.3) is 0 Å². The van der Waals surface area contributed by atoms with Crippen LogP contribution in [0, 0.1) is 0 Å². The van der Waals surface area contributed by atoms with Crippen molar-refractivity contribution in [2.45, 2.75) is 0 Å². The second-order valence-corrected chi connectivity index (χ2v) is 5.58. The Kier molecular flexibility index (Phi) is 8.28. The molecule has 27 heavy (non-hydrogen) atoms. The molecule has 0 atom stereocenters. The van der Waals surface area contributed by atoms with Gasteiger partial charge >= 0.3 is 0 Å². The highest BCUT2D eigenvalue weighted by atomic mass is 19.1. The van der Waals surface area contributed by atoms with Crippen molar-refractivity contribution in [1.82, 2.24) is 0 Å². The number of carbonyl (C=O) groups is 1. The number of methoxy groups -OCH3 is 1. The third-order valence-electron chi connectivity index (χ3n) is 3.61. The number of ether oxygens (including phenoxy) is 3. The van der Waals surface area contributed by atoms with Gasteiger partial charge in [-0.3, -0.25) is 4.79 Å². The van der Waals surface area contributed by atoms with Crippen molar-refractivity contribution in [2.75, 3.05) is 38.8 Å². The first-order chi connectivity index (χ1) is 13.2. The van der Waals surface area contributed by atoms with Crippen LogP contribution in [0.2, 0.25) is 0 Å². The normalized spacial score (nSPS) is 11.1. The maximum absolute atomic E-state index is 12.7. The van der Waals surface area contributed by atoms with Crippen molar-refractivity contribution < 1.29 is 23.4 Å². The first-order valence-electron chi connectivity index (χ1n) is 8.41. The van der Waals surface area contributed by atoms with E-state index in [1.165, 1.54) is 0 Å². The lowest BCUT2D eigenvalue weighted by molar-refractivity contribution is 0.102. The van der Waals surface area contributed by atoms with E-state index in [9.17, 15) is 9.18 Å². The van der Waals surface area contributed by atoms with Gasteiger partial charge in [0.2, 0.25) is 0 Å². The van der Waals surface area contributed by atoms with E-state index in [1.807, 2.05) is 6.07 Å². The molecule has 6 nitrogen and oxygen atoms in total. The molecule has 7 heteroatoms. The van der Waals surface area contributed by atoms with Crippen LogP contribution in [0.1, 0.15) is 10.4 Å². The molecule has 2 aromatic rings. The highest BCUT2D eigenvalue weighted by molar-refractivity contribution is 6.04. The van der Waals surface area contributed by atoms with E-state index in [0.29, 0.717) is 47.9 Å². The SMILES string of the molecule is COCCOc1cc(NC(=O)c2ccccc2)ccc1OCC(=CF)CN. The van der Waals surface area contributed by atoms with Crippen LogP contribution in [0.4, 0.5) is 10.1 Å². The lowest BCUT2D eigenvalue weighted by atomic mass is 10.2. The van der Waals surface area contributed by atoms with E-state index in [-0.39, 0.29) is 19.1 Å². The number of halogens is 1. The lowest BCUT2D eigenvalue weighted by Crippen LogP contribution is -2.13. The Morgan fingerprint density at radius 1 is 1.11 bits per heavy atom. The summed E-state index contributed by atoms with van der Waals surface area (Å²) in [5, 5.41) is 2.81. The summed E-state index contributed by atoms with van der Waals surface area (Å²) in [5.41, 5.74) is 6.84. The van der Waals surface area contributed by atoms with Crippen LogP contribution in [0.15, 0.2) is 60.4 Å². The Morgan fingerprint density at radius 2 is 1.89 bits per heavy atom. The molecule has 0 heterocycles. The van der Waals surface area contributed by atoms with Gasteiger partial charge in [0.15, 0.2) is 11.5 Å². The van der Waals surface area contributed by atoms with Gasteiger partial charge in [-0.05, 0) is 24.3 Å². The van der Waals surface area contributed by atoms with Gasteiger partial charge in [-0.1, -0.05) is 18.2 Å². The summed E-state index contributed by atoms with van der Waals surface area (Å²) in [5.74, 6) is 0.586. The lowest BCUT2D eigenvalue weighted by Gasteiger charge is -2.15. The number of hydrogen-bond donors (Lipinski definition) is 2. The number of anilines is 1. The van der Waals surface area contributed by atoms with Gasteiger partial charge in [0, 0.05) is 36.5 Å². The van der Waals surface area contributed by atoms with E-state index < -0.39 is 0 Å². The highest BCUT2D eigenvalue weighted by Gasteiger charge is 2.11. The minimum atomic E-state index is -0.238. The molecule has 0 aromatic heterocycles. The second kappa shape index (κ2) is 10.9. The van der Waals surface area contributed by atoms with E-state index in [2.05, 4.69) is 5.32 Å². The Bertz CT molecular complexity index is 766. The summed E-state index contributed by atoms with van der Waals surface area (Å²) in [6.45, 7) is 0.745. The molecule has 0 fully saturated rings. The maximum atomic E-state index is 12.7. The third-order valence-corrected chi connectivity index (χ3v) is 3.61. The summed E-state index contributed by atoms with van der Waals surface area (Å²) in [7, 11) is 1.57. The van der Waals surface area contributed by atoms with Crippen molar-refractivity contribution in [2.24, 2.45) is 5.73 Å². The van der Waals surface area contributed by atoms with Gasteiger partial charge in [-0.25, -0.2) is 4.39 Å². The summed E-state index contributed by atoms with van der Waals surface area (Å²) in [6, 6.07) is 13.8. The summed E-state index contributed by atoms with van der Waals surface area (Å²) < 4.78 is 28.9. The number of hydrogen-bond acceptors (Lipinski definition) is 5. The molecule has 144 valence electrons. The smallest absolute Gasteiger partial charge is 0.255 e. The predicted octanol–water partition coefficient (Wildman–Crippen LogP) is 3.16. The van der Waals surface area contributed by atoms with Gasteiger partial charge in [0.1, 0.15) is 13.2 Å². The predicted molar refractivity (Wildman–Crippen MR) is 102 cm³/mol. The van der Waals surface area contributed by atoms with E-state index in [1.54, 1.807) is 49.6 Å². The molecule has 0 saturated carbocycles. The van der Waals surface area contributed by atoms with Crippen molar-refractivity contribution in [3.63, 3.8) is 0 Å². The number of nitrogens with one attached hydrogen (secondary N) is 1. The molecule has 0 aliphatic heterocycles. The molecule has 3 N–H and O–H groups in total. The Hall–Kier alpha value is -2.90. The fraction of sp³-hybridized carbons (Fsp3) is 0.250. The first kappa shape index (κ1) is 20.4. The number of nitrogens with two attached hydrogens (primary N) is 1. The van der Waals surface area contributed by atoms with Gasteiger partial charge < -0.3 is 25.3 Å². The zero-order chi connectivity index (χ0) is 19.5. The van der Waals surface area contributed by atoms with Crippen LogP contribution in [0.5, 0.6) is 11.5 Å². The molecule has 0 bridgehead atoms. The quantitative estimate of drug-likeness (QED) is 0.624. The van der Waals surface area contributed by atoms with Gasteiger partial charge in [0.05, 0.1) is 12.9 Å². The van der Waals surface area contributed by atoms with Crippen LogP contribution >= 0.6 is 0 Å². The molecule has 0 unspecified atom stereocenters. The Balaban J connectivity index is 2.14. The van der Waals surface area contributed by atoms with Crippen molar-refractivity contribution in [1.29, 1.82) is 0 Å². The molecule has 0 aliphatic rings. The molecule has 2 rings (SSSR count).